The quantitative estimate of drug-likeness (QED) is 0.649. The topological polar surface area (TPSA) is 87.5 Å². The van der Waals surface area contributed by atoms with E-state index < -0.39 is 6.04 Å². The number of carbonyl (C=O) groups is 1. The number of thiophene rings is 1. The van der Waals surface area contributed by atoms with Crippen LogP contribution in [0.2, 0.25) is 0 Å². The normalized spacial score (nSPS) is 20.0. The Balaban J connectivity index is 1.67. The summed E-state index contributed by atoms with van der Waals surface area (Å²) in [5.41, 5.74) is 2.34. The summed E-state index contributed by atoms with van der Waals surface area (Å²) in [5.74, 6) is 2.54. The summed E-state index contributed by atoms with van der Waals surface area (Å²) in [6.45, 7) is 0. The number of methoxy groups -OCH3 is 3. The van der Waals surface area contributed by atoms with E-state index in [1.165, 1.54) is 11.2 Å². The lowest BCUT2D eigenvalue weighted by atomic mass is 9.79. The van der Waals surface area contributed by atoms with E-state index in [4.69, 9.17) is 14.2 Å². The average Bonchev–Trinajstić information content (AvgIpc) is 3.48. The molecule has 1 N–H and O–H groups in total. The van der Waals surface area contributed by atoms with Crippen LogP contribution in [0, 0.1) is 0 Å². The number of aromatic nitrogens is 3. The first-order chi connectivity index (χ1) is 15.1. The molecule has 8 nitrogen and oxygen atoms in total. The predicted octanol–water partition coefficient (Wildman–Crippen LogP) is 3.78. The predicted molar refractivity (Wildman–Crippen MR) is 116 cm³/mol. The molecule has 0 unspecified atom stereocenters. The van der Waals surface area contributed by atoms with Crippen molar-refractivity contribution in [3.8, 4) is 17.2 Å². The van der Waals surface area contributed by atoms with Crippen LogP contribution >= 0.6 is 11.3 Å². The van der Waals surface area contributed by atoms with Gasteiger partial charge in [0.2, 0.25) is 5.95 Å². The molecule has 3 aromatic rings. The molecule has 1 aromatic carbocycles. The van der Waals surface area contributed by atoms with Gasteiger partial charge >= 0.3 is 0 Å². The van der Waals surface area contributed by atoms with Crippen molar-refractivity contribution in [1.29, 1.82) is 0 Å². The summed E-state index contributed by atoms with van der Waals surface area (Å²) in [4.78, 5) is 19.1. The molecule has 9 heteroatoms. The number of rotatable bonds is 5. The molecule has 0 bridgehead atoms. The van der Waals surface area contributed by atoms with Gasteiger partial charge in [-0.25, -0.2) is 4.68 Å². The molecule has 0 amide bonds. The first-order valence-electron chi connectivity index (χ1n) is 9.90. The molecule has 2 aliphatic rings. The average molecular weight is 439 g/mol. The van der Waals surface area contributed by atoms with Crippen LogP contribution in [-0.2, 0) is 4.79 Å². The lowest BCUT2D eigenvalue weighted by Gasteiger charge is -2.35. The molecule has 31 heavy (non-hydrogen) atoms. The Morgan fingerprint density at radius 2 is 1.87 bits per heavy atom. The number of Topliss-reactive ketones (excluding diaryl/α,β-unsaturated/α-hetero) is 1. The van der Waals surface area contributed by atoms with Crippen molar-refractivity contribution in [1.82, 2.24) is 14.8 Å². The molecule has 1 aliphatic carbocycles. The third kappa shape index (κ3) is 3.16. The van der Waals surface area contributed by atoms with Gasteiger partial charge in [-0.2, -0.15) is 10.1 Å². The number of benzene rings is 1. The molecule has 2 atom stereocenters. The maximum absolute atomic E-state index is 13.5. The first kappa shape index (κ1) is 19.6. The standard InChI is InChI=1S/C22H22N4O4S/c1-28-16-10-18(30-3)17(29-2)9-13(16)21-20-14(25-22-23-11-24-26(21)22)7-12(8-15(20)27)19-5-4-6-31-19/h4-6,9-12,21H,7-8H2,1-3H3,(H,23,24,25)/t12-,21+/m1/s1. The molecule has 0 saturated heterocycles. The zero-order valence-corrected chi connectivity index (χ0v) is 18.2. The molecule has 5 rings (SSSR count). The highest BCUT2D eigenvalue weighted by Gasteiger charge is 2.41. The van der Waals surface area contributed by atoms with Crippen molar-refractivity contribution >= 4 is 23.1 Å². The molecule has 0 spiro atoms. The van der Waals surface area contributed by atoms with Gasteiger partial charge in [0.25, 0.3) is 0 Å². The molecule has 3 heterocycles. The number of nitrogens with one attached hydrogen (secondary N) is 1. The minimum atomic E-state index is -0.472. The monoisotopic (exact) mass is 438 g/mol. The van der Waals surface area contributed by atoms with E-state index in [-0.39, 0.29) is 11.7 Å². The summed E-state index contributed by atoms with van der Waals surface area (Å²) in [7, 11) is 4.76. The number of ether oxygens (including phenoxy) is 3. The highest BCUT2D eigenvalue weighted by atomic mass is 32.1. The number of anilines is 1. The third-order valence-electron chi connectivity index (χ3n) is 5.84. The Labute approximate surface area is 183 Å². The maximum atomic E-state index is 13.5. The number of nitrogens with zero attached hydrogens (tertiary/aromatic N) is 3. The molecule has 2 aromatic heterocycles. The molecule has 1 aliphatic heterocycles. The second kappa shape index (κ2) is 7.73. The second-order valence-corrected chi connectivity index (χ2v) is 8.42. The minimum Gasteiger partial charge on any atom is -0.496 e. The van der Waals surface area contributed by atoms with Crippen molar-refractivity contribution < 1.29 is 19.0 Å². The highest BCUT2D eigenvalue weighted by molar-refractivity contribution is 7.10. The van der Waals surface area contributed by atoms with E-state index in [0.717, 1.165) is 17.7 Å². The fraction of sp³-hybridized carbons (Fsp3) is 0.318. The molecular formula is C22H22N4O4S. The van der Waals surface area contributed by atoms with Crippen LogP contribution in [0.4, 0.5) is 5.95 Å². The first-order valence-corrected chi connectivity index (χ1v) is 10.8. The zero-order chi connectivity index (χ0) is 21.5. The molecule has 0 saturated carbocycles. The van der Waals surface area contributed by atoms with Gasteiger partial charge in [0.15, 0.2) is 17.3 Å². The van der Waals surface area contributed by atoms with Gasteiger partial charge in [0.05, 0.1) is 21.3 Å². The Hall–Kier alpha value is -3.33. The number of hydrogen-bond donors (Lipinski definition) is 1. The second-order valence-electron chi connectivity index (χ2n) is 7.44. The van der Waals surface area contributed by atoms with Crippen molar-refractivity contribution in [3.05, 3.63) is 57.7 Å². The van der Waals surface area contributed by atoms with E-state index in [9.17, 15) is 4.79 Å². The van der Waals surface area contributed by atoms with Gasteiger partial charge in [-0.3, -0.25) is 4.79 Å². The van der Waals surface area contributed by atoms with E-state index in [1.54, 1.807) is 43.4 Å². The smallest absolute Gasteiger partial charge is 0.226 e. The van der Waals surface area contributed by atoms with Crippen molar-refractivity contribution in [3.63, 3.8) is 0 Å². The Kier molecular flexibility index (Phi) is 4.90. The van der Waals surface area contributed by atoms with Gasteiger partial charge < -0.3 is 19.5 Å². The molecular weight excluding hydrogens is 416 g/mol. The third-order valence-corrected chi connectivity index (χ3v) is 6.87. The van der Waals surface area contributed by atoms with Crippen molar-refractivity contribution in [2.45, 2.75) is 24.8 Å². The summed E-state index contributed by atoms with van der Waals surface area (Å²) in [5, 5.41) is 9.81. The Bertz CT molecular complexity index is 1170. The summed E-state index contributed by atoms with van der Waals surface area (Å²) in [6.07, 6.45) is 2.68. The van der Waals surface area contributed by atoms with Gasteiger partial charge in [-0.05, 0) is 23.9 Å². The van der Waals surface area contributed by atoms with Crippen molar-refractivity contribution in [2.75, 3.05) is 26.6 Å². The fourth-order valence-electron chi connectivity index (χ4n) is 4.43. The molecule has 160 valence electrons. The van der Waals surface area contributed by atoms with E-state index in [2.05, 4.69) is 21.5 Å². The van der Waals surface area contributed by atoms with Gasteiger partial charge in [0, 0.05) is 40.1 Å². The lowest BCUT2D eigenvalue weighted by Crippen LogP contribution is -2.33. The highest BCUT2D eigenvalue weighted by Crippen LogP contribution is 2.48. The number of ketones is 1. The minimum absolute atomic E-state index is 0.0927. The number of carbonyl (C=O) groups excluding carboxylic acids is 1. The van der Waals surface area contributed by atoms with Crippen LogP contribution in [0.5, 0.6) is 17.2 Å². The maximum Gasteiger partial charge on any atom is 0.226 e. The number of allylic oxidation sites excluding steroid dienone is 2. The Morgan fingerprint density at radius 3 is 2.58 bits per heavy atom. The summed E-state index contributed by atoms with van der Waals surface area (Å²) >= 11 is 1.68. The van der Waals surface area contributed by atoms with E-state index in [1.807, 2.05) is 17.5 Å². The number of fused-ring (bicyclic) bond motifs is 1. The van der Waals surface area contributed by atoms with Crippen LogP contribution in [0.3, 0.4) is 0 Å². The zero-order valence-electron chi connectivity index (χ0n) is 17.4. The van der Waals surface area contributed by atoms with Crippen LogP contribution in [0.25, 0.3) is 0 Å². The van der Waals surface area contributed by atoms with Crippen molar-refractivity contribution in [2.24, 2.45) is 0 Å². The van der Waals surface area contributed by atoms with Gasteiger partial charge in [-0.15, -0.1) is 11.3 Å². The van der Waals surface area contributed by atoms with Crippen LogP contribution < -0.4 is 19.5 Å². The number of hydrogen-bond acceptors (Lipinski definition) is 8. The Morgan fingerprint density at radius 1 is 1.10 bits per heavy atom. The van der Waals surface area contributed by atoms with E-state index >= 15 is 0 Å². The lowest BCUT2D eigenvalue weighted by molar-refractivity contribution is -0.116. The summed E-state index contributed by atoms with van der Waals surface area (Å²) < 4.78 is 18.4. The molecule has 0 fully saturated rings. The van der Waals surface area contributed by atoms with Crippen LogP contribution in [0.15, 0.2) is 47.2 Å². The van der Waals surface area contributed by atoms with Gasteiger partial charge in [-0.1, -0.05) is 6.07 Å². The SMILES string of the molecule is COc1cc(OC)c([C@H]2C3=C(C[C@@H](c4cccs4)CC3=O)Nc3ncnn32)cc1OC. The molecule has 0 radical (unpaired) electrons. The fourth-order valence-corrected chi connectivity index (χ4v) is 5.26. The van der Waals surface area contributed by atoms with Crippen LogP contribution in [0.1, 0.15) is 35.2 Å². The largest absolute Gasteiger partial charge is 0.496 e. The van der Waals surface area contributed by atoms with Crippen LogP contribution in [-0.4, -0.2) is 41.9 Å². The van der Waals surface area contributed by atoms with E-state index in [0.29, 0.717) is 35.2 Å². The summed E-state index contributed by atoms with van der Waals surface area (Å²) in [6, 6.07) is 7.27. The van der Waals surface area contributed by atoms with Gasteiger partial charge in [0.1, 0.15) is 18.1 Å².